The van der Waals surface area contributed by atoms with Gasteiger partial charge in [0.1, 0.15) is 16.7 Å². The van der Waals surface area contributed by atoms with Gasteiger partial charge in [0.05, 0.1) is 12.4 Å². The van der Waals surface area contributed by atoms with Crippen LogP contribution in [0.25, 0.3) is 33.4 Å². The van der Waals surface area contributed by atoms with E-state index in [1.165, 1.54) is 23.0 Å². The summed E-state index contributed by atoms with van der Waals surface area (Å²) >= 11 is 6.00. The predicted octanol–water partition coefficient (Wildman–Crippen LogP) is 3.64. The number of hydrogen-bond acceptors (Lipinski definition) is 7. The van der Waals surface area contributed by atoms with Crippen LogP contribution in [0.15, 0.2) is 83.5 Å². The molecule has 0 spiro atoms. The summed E-state index contributed by atoms with van der Waals surface area (Å²) in [7, 11) is -2.49. The van der Waals surface area contributed by atoms with Gasteiger partial charge in [-0.2, -0.15) is 17.6 Å². The molecule has 0 aliphatic heterocycles. The molecule has 0 saturated carbocycles. The zero-order valence-electron chi connectivity index (χ0n) is 17.9. The van der Waals surface area contributed by atoms with Gasteiger partial charge in [-0.25, -0.2) is 4.98 Å². The fourth-order valence-corrected chi connectivity index (χ4v) is 5.10. The molecule has 0 unspecified atom stereocenters. The number of imidazole rings is 1. The summed E-state index contributed by atoms with van der Waals surface area (Å²) in [4.78, 5) is 12.6. The Bertz CT molecular complexity index is 1700. The van der Waals surface area contributed by atoms with Crippen LogP contribution in [0, 0.1) is 0 Å². The monoisotopic (exact) mass is 491 g/mol. The van der Waals surface area contributed by atoms with E-state index in [9.17, 15) is 8.42 Å². The summed E-state index contributed by atoms with van der Waals surface area (Å²) in [6.07, 6.45) is 8.98. The van der Waals surface area contributed by atoms with Crippen molar-refractivity contribution in [2.24, 2.45) is 10.7 Å². The third-order valence-electron chi connectivity index (χ3n) is 5.31. The molecule has 0 atom stereocenters. The molecule has 11 heteroatoms. The van der Waals surface area contributed by atoms with Crippen LogP contribution < -0.4 is 5.73 Å². The van der Waals surface area contributed by atoms with E-state index >= 15 is 0 Å². The number of rotatable bonds is 5. The lowest BCUT2D eigenvalue weighted by atomic mass is 10.1. The minimum Gasteiger partial charge on any atom is -0.404 e. The Morgan fingerprint density at radius 1 is 1.06 bits per heavy atom. The van der Waals surface area contributed by atoms with Gasteiger partial charge in [-0.05, 0) is 41.5 Å². The van der Waals surface area contributed by atoms with Gasteiger partial charge in [-0.15, -0.1) is 0 Å². The first-order valence-corrected chi connectivity index (χ1v) is 11.9. The molecule has 0 saturated heterocycles. The van der Waals surface area contributed by atoms with Crippen LogP contribution in [0.5, 0.6) is 0 Å². The molecular formula is C23H18ClN7O2S. The van der Waals surface area contributed by atoms with Gasteiger partial charge >= 0.3 is 10.0 Å². The molecule has 1 aromatic carbocycles. The molecule has 2 N–H and O–H groups in total. The number of aromatic nitrogens is 5. The predicted molar refractivity (Wildman–Crippen MR) is 132 cm³/mol. The second kappa shape index (κ2) is 8.40. The Kier molecular flexibility index (Phi) is 5.39. The van der Waals surface area contributed by atoms with E-state index < -0.39 is 10.0 Å². The maximum atomic E-state index is 13.7. The number of pyridine rings is 2. The Morgan fingerprint density at radius 3 is 2.56 bits per heavy atom. The third-order valence-corrected chi connectivity index (χ3v) is 7.14. The average molecular weight is 492 g/mol. The fraction of sp³-hybridized carbons (Fsp3) is 0.0435. The maximum absolute atomic E-state index is 13.7. The summed E-state index contributed by atoms with van der Waals surface area (Å²) in [5.74, 6) is 0. The summed E-state index contributed by atoms with van der Waals surface area (Å²) in [6, 6.07) is 12.6. The second-order valence-electron chi connectivity index (χ2n) is 7.38. The van der Waals surface area contributed by atoms with Crippen LogP contribution in [0.2, 0.25) is 5.02 Å². The highest BCUT2D eigenvalue weighted by molar-refractivity contribution is 7.90. The molecule has 4 aromatic heterocycles. The average Bonchev–Trinajstić information content (AvgIpc) is 3.47. The first-order valence-electron chi connectivity index (χ1n) is 10.1. The van der Waals surface area contributed by atoms with Crippen molar-refractivity contribution in [1.29, 1.82) is 0 Å². The van der Waals surface area contributed by atoms with E-state index in [4.69, 9.17) is 17.3 Å². The van der Waals surface area contributed by atoms with Crippen LogP contribution >= 0.6 is 11.6 Å². The molecule has 0 fully saturated rings. The molecule has 4 heterocycles. The number of hydrogen-bond donors (Lipinski definition) is 1. The Morgan fingerprint density at radius 2 is 1.82 bits per heavy atom. The molecule has 0 bridgehead atoms. The van der Waals surface area contributed by atoms with E-state index in [2.05, 4.69) is 20.1 Å². The summed E-state index contributed by atoms with van der Waals surface area (Å²) in [5.41, 5.74) is 9.83. The summed E-state index contributed by atoms with van der Waals surface area (Å²) < 4.78 is 29.8. The zero-order valence-corrected chi connectivity index (χ0v) is 19.4. The normalized spacial score (nSPS) is 12.8. The van der Waals surface area contributed by atoms with Crippen LogP contribution in [0.3, 0.4) is 0 Å². The van der Waals surface area contributed by atoms with Gasteiger partial charge < -0.3 is 5.73 Å². The molecule has 9 nitrogen and oxygen atoms in total. The van der Waals surface area contributed by atoms with Crippen molar-refractivity contribution in [3.63, 3.8) is 0 Å². The van der Waals surface area contributed by atoms with Gasteiger partial charge in [-0.1, -0.05) is 23.7 Å². The first-order chi connectivity index (χ1) is 16.4. The SMILES string of the molecule is CN=CC(=CN)c1cnc2cnn(S(=O)(=O)c3cnc4ccc(-c5ccc(Cl)cc5)cn34)c2c1. The Balaban J connectivity index is 1.66. The number of nitrogens with zero attached hydrogens (tertiary/aromatic N) is 6. The minimum atomic E-state index is -4.11. The van der Waals surface area contributed by atoms with Gasteiger partial charge in [0.2, 0.25) is 0 Å². The Labute approximate surface area is 199 Å². The van der Waals surface area contributed by atoms with Crippen molar-refractivity contribution in [1.82, 2.24) is 23.6 Å². The number of fused-ring (bicyclic) bond motifs is 2. The minimum absolute atomic E-state index is 0.0292. The maximum Gasteiger partial charge on any atom is 0.301 e. The quantitative estimate of drug-likeness (QED) is 0.375. The number of benzene rings is 1. The van der Waals surface area contributed by atoms with Crippen LogP contribution in [0.1, 0.15) is 5.56 Å². The van der Waals surface area contributed by atoms with Crippen molar-refractivity contribution < 1.29 is 8.42 Å². The molecule has 5 rings (SSSR count). The van der Waals surface area contributed by atoms with E-state index in [-0.39, 0.29) is 5.03 Å². The van der Waals surface area contributed by atoms with Crippen molar-refractivity contribution in [2.45, 2.75) is 5.03 Å². The number of aliphatic imine (C=N–C) groups is 1. The molecule has 0 aliphatic carbocycles. The van der Waals surface area contributed by atoms with E-state index in [1.54, 1.807) is 49.9 Å². The van der Waals surface area contributed by atoms with Gasteiger partial charge in [-0.3, -0.25) is 14.4 Å². The highest BCUT2D eigenvalue weighted by atomic mass is 35.5. The van der Waals surface area contributed by atoms with Crippen molar-refractivity contribution >= 4 is 50.1 Å². The molecule has 5 aromatic rings. The lowest BCUT2D eigenvalue weighted by Gasteiger charge is -2.08. The molecular weight excluding hydrogens is 474 g/mol. The summed E-state index contributed by atoms with van der Waals surface area (Å²) in [5, 5.41) is 4.71. The molecule has 0 radical (unpaired) electrons. The van der Waals surface area contributed by atoms with Crippen LogP contribution in [-0.2, 0) is 10.0 Å². The lowest BCUT2D eigenvalue weighted by molar-refractivity contribution is 0.577. The van der Waals surface area contributed by atoms with Crippen LogP contribution in [0.4, 0.5) is 0 Å². The zero-order chi connectivity index (χ0) is 23.9. The van der Waals surface area contributed by atoms with Gasteiger partial charge in [0.15, 0.2) is 5.03 Å². The smallest absolute Gasteiger partial charge is 0.301 e. The second-order valence-corrected chi connectivity index (χ2v) is 9.53. The van der Waals surface area contributed by atoms with Gasteiger partial charge in [0.25, 0.3) is 0 Å². The first kappa shape index (κ1) is 21.8. The largest absolute Gasteiger partial charge is 0.404 e. The topological polar surface area (TPSA) is 121 Å². The highest BCUT2D eigenvalue weighted by Gasteiger charge is 2.25. The van der Waals surface area contributed by atoms with E-state index in [0.29, 0.717) is 32.8 Å². The number of allylic oxidation sites excluding steroid dienone is 1. The number of halogens is 1. The number of nitrogens with two attached hydrogens (primary N) is 1. The highest BCUT2D eigenvalue weighted by Crippen LogP contribution is 2.26. The van der Waals surface area contributed by atoms with Crippen molar-refractivity contribution in [3.8, 4) is 11.1 Å². The van der Waals surface area contributed by atoms with Crippen LogP contribution in [-0.4, -0.2) is 45.2 Å². The standard InChI is InChI=1S/C23H18ClN7O2S/c1-26-10-18(9-25)17-8-21-20(27-11-17)12-29-31(21)34(32,33)23-13-28-22-7-4-16(14-30(22)23)15-2-5-19(24)6-3-15/h2-14H,25H2,1H3. The molecule has 0 aliphatic rings. The van der Waals surface area contributed by atoms with Crippen molar-refractivity contribution in [3.05, 3.63) is 84.0 Å². The molecule has 0 amide bonds. The Hall–Kier alpha value is -4.02. The summed E-state index contributed by atoms with van der Waals surface area (Å²) in [6.45, 7) is 0. The van der Waals surface area contributed by atoms with Gasteiger partial charge in [0, 0.05) is 48.0 Å². The fourth-order valence-electron chi connectivity index (χ4n) is 3.64. The van der Waals surface area contributed by atoms with E-state index in [0.717, 1.165) is 15.2 Å². The molecule has 34 heavy (non-hydrogen) atoms. The van der Waals surface area contributed by atoms with E-state index in [1.807, 2.05) is 18.2 Å². The lowest BCUT2D eigenvalue weighted by Crippen LogP contribution is -2.16. The third kappa shape index (κ3) is 3.62. The molecule has 170 valence electrons. The van der Waals surface area contributed by atoms with Crippen molar-refractivity contribution in [2.75, 3.05) is 7.05 Å².